The molecule has 8 heteroatoms. The van der Waals surface area contributed by atoms with E-state index in [9.17, 15) is 9.59 Å². The molecule has 1 amide bonds. The van der Waals surface area contributed by atoms with Gasteiger partial charge < -0.3 is 15.7 Å². The first-order chi connectivity index (χ1) is 8.70. The molecule has 0 saturated heterocycles. The topological polar surface area (TPSA) is 113 Å². The second-order valence-corrected chi connectivity index (χ2v) is 4.26. The first-order valence-electron chi connectivity index (χ1n) is 5.06. The molecule has 2 rings (SSSR count). The van der Waals surface area contributed by atoms with Crippen LogP contribution in [0.15, 0.2) is 28.6 Å². The van der Waals surface area contributed by atoms with Gasteiger partial charge in [-0.2, -0.15) is 0 Å². The SMILES string of the molecule is NNc1ccncc1C(=O)NCc1csc(=O)[nH]1. The average Bonchev–Trinajstić information content (AvgIpc) is 2.81. The number of aromatic amines is 1. The van der Waals surface area contributed by atoms with Crippen molar-refractivity contribution in [2.24, 2.45) is 5.84 Å². The van der Waals surface area contributed by atoms with E-state index in [1.807, 2.05) is 0 Å². The molecule has 0 aromatic carbocycles. The number of nitrogens with two attached hydrogens (primary N) is 1. The largest absolute Gasteiger partial charge is 0.346 e. The highest BCUT2D eigenvalue weighted by Gasteiger charge is 2.10. The minimum atomic E-state index is -0.317. The van der Waals surface area contributed by atoms with E-state index < -0.39 is 0 Å². The van der Waals surface area contributed by atoms with Crippen molar-refractivity contribution in [3.8, 4) is 0 Å². The second-order valence-electron chi connectivity index (χ2n) is 3.42. The zero-order valence-electron chi connectivity index (χ0n) is 9.27. The molecule has 0 aliphatic carbocycles. The molecule has 0 atom stereocenters. The number of hydrogen-bond donors (Lipinski definition) is 4. The summed E-state index contributed by atoms with van der Waals surface area (Å²) in [6, 6.07) is 1.60. The van der Waals surface area contributed by atoms with E-state index in [1.54, 1.807) is 11.4 Å². The highest BCUT2D eigenvalue weighted by molar-refractivity contribution is 7.07. The number of nitrogens with one attached hydrogen (secondary N) is 3. The van der Waals surface area contributed by atoms with Gasteiger partial charge in [0, 0.05) is 23.5 Å². The number of thiazole rings is 1. The molecule has 0 aliphatic rings. The predicted molar refractivity (Wildman–Crippen MR) is 68.2 cm³/mol. The standard InChI is InChI=1S/C10H11N5O2S/c11-15-8-1-2-12-4-7(8)9(16)13-3-6-5-18-10(17)14-6/h1-2,4-5H,3,11H2,(H,12,15)(H,13,16)(H,14,17). The Balaban J connectivity index is 2.05. The Morgan fingerprint density at radius 3 is 3.06 bits per heavy atom. The van der Waals surface area contributed by atoms with Crippen LogP contribution in [-0.2, 0) is 6.54 Å². The third kappa shape index (κ3) is 2.73. The molecule has 0 fully saturated rings. The Morgan fingerprint density at radius 2 is 2.39 bits per heavy atom. The van der Waals surface area contributed by atoms with E-state index in [0.29, 0.717) is 16.9 Å². The number of carbonyl (C=O) groups excluding carboxylic acids is 1. The molecule has 0 aliphatic heterocycles. The molecular weight excluding hydrogens is 254 g/mol. The summed E-state index contributed by atoms with van der Waals surface area (Å²) in [5, 5.41) is 4.33. The molecule has 18 heavy (non-hydrogen) atoms. The first-order valence-corrected chi connectivity index (χ1v) is 5.94. The number of amides is 1. The van der Waals surface area contributed by atoms with Gasteiger partial charge in [0.15, 0.2) is 0 Å². The summed E-state index contributed by atoms with van der Waals surface area (Å²) >= 11 is 1.05. The molecule has 2 aromatic heterocycles. The molecular formula is C10H11N5O2S. The van der Waals surface area contributed by atoms with Gasteiger partial charge >= 0.3 is 4.87 Å². The van der Waals surface area contributed by atoms with Gasteiger partial charge in [-0.3, -0.25) is 20.4 Å². The lowest BCUT2D eigenvalue weighted by atomic mass is 10.2. The molecule has 2 aromatic rings. The van der Waals surface area contributed by atoms with Gasteiger partial charge in [0.05, 0.1) is 17.8 Å². The fraction of sp³-hybridized carbons (Fsp3) is 0.100. The smallest absolute Gasteiger partial charge is 0.304 e. The number of hydrazine groups is 1. The van der Waals surface area contributed by atoms with Gasteiger partial charge in [0.2, 0.25) is 0 Å². The molecule has 7 nitrogen and oxygen atoms in total. The lowest BCUT2D eigenvalue weighted by Crippen LogP contribution is -2.25. The number of nitrogen functional groups attached to an aromatic ring is 1. The van der Waals surface area contributed by atoms with Crippen LogP contribution in [-0.4, -0.2) is 15.9 Å². The number of rotatable bonds is 4. The van der Waals surface area contributed by atoms with Crippen molar-refractivity contribution >= 4 is 22.9 Å². The fourth-order valence-corrected chi connectivity index (χ4v) is 1.95. The third-order valence-corrected chi connectivity index (χ3v) is 2.95. The summed E-state index contributed by atoms with van der Waals surface area (Å²) < 4.78 is 0. The number of H-pyrrole nitrogens is 1. The van der Waals surface area contributed by atoms with E-state index >= 15 is 0 Å². The summed E-state index contributed by atoms with van der Waals surface area (Å²) in [5.41, 5.74) is 3.91. The maximum Gasteiger partial charge on any atom is 0.304 e. The molecule has 0 spiro atoms. The highest BCUT2D eigenvalue weighted by atomic mass is 32.1. The second kappa shape index (κ2) is 5.43. The number of nitrogens with zero attached hydrogens (tertiary/aromatic N) is 1. The van der Waals surface area contributed by atoms with Crippen LogP contribution in [0.5, 0.6) is 0 Å². The van der Waals surface area contributed by atoms with Crippen LogP contribution in [0.3, 0.4) is 0 Å². The van der Waals surface area contributed by atoms with Gasteiger partial charge in [0.1, 0.15) is 0 Å². The van der Waals surface area contributed by atoms with Crippen molar-refractivity contribution in [1.82, 2.24) is 15.3 Å². The molecule has 5 N–H and O–H groups in total. The van der Waals surface area contributed by atoms with Crippen LogP contribution >= 0.6 is 11.3 Å². The summed E-state index contributed by atoms with van der Waals surface area (Å²) in [7, 11) is 0. The summed E-state index contributed by atoms with van der Waals surface area (Å²) in [6.07, 6.45) is 2.95. The molecule has 0 radical (unpaired) electrons. The van der Waals surface area contributed by atoms with Gasteiger partial charge in [0.25, 0.3) is 5.91 Å². The third-order valence-electron chi connectivity index (χ3n) is 2.23. The number of hydrogen-bond acceptors (Lipinski definition) is 6. The molecule has 0 unspecified atom stereocenters. The summed E-state index contributed by atoms with van der Waals surface area (Å²) in [6.45, 7) is 0.247. The van der Waals surface area contributed by atoms with Gasteiger partial charge in [-0.1, -0.05) is 11.3 Å². The van der Waals surface area contributed by atoms with Gasteiger partial charge in [-0.25, -0.2) is 0 Å². The van der Waals surface area contributed by atoms with Crippen LogP contribution in [0.4, 0.5) is 5.69 Å². The van der Waals surface area contributed by atoms with Crippen LogP contribution < -0.4 is 21.5 Å². The van der Waals surface area contributed by atoms with E-state index in [2.05, 4.69) is 20.7 Å². The quantitative estimate of drug-likeness (QED) is 0.461. The molecule has 94 valence electrons. The number of pyridine rings is 1. The van der Waals surface area contributed by atoms with Crippen molar-refractivity contribution in [1.29, 1.82) is 0 Å². The molecule has 0 saturated carbocycles. The van der Waals surface area contributed by atoms with Crippen LogP contribution in [0, 0.1) is 0 Å². The summed E-state index contributed by atoms with van der Waals surface area (Å²) in [5.74, 6) is 4.98. The van der Waals surface area contributed by atoms with Crippen molar-refractivity contribution in [3.05, 3.63) is 44.8 Å². The number of aromatic nitrogens is 2. The van der Waals surface area contributed by atoms with Crippen LogP contribution in [0.2, 0.25) is 0 Å². The minimum absolute atomic E-state index is 0.148. The van der Waals surface area contributed by atoms with Crippen LogP contribution in [0.25, 0.3) is 0 Å². The highest BCUT2D eigenvalue weighted by Crippen LogP contribution is 2.11. The Kier molecular flexibility index (Phi) is 3.70. The predicted octanol–water partition coefficient (Wildman–Crippen LogP) is 0.0470. The molecule has 2 heterocycles. The maximum absolute atomic E-state index is 11.9. The Bertz CT molecular complexity index is 606. The Morgan fingerprint density at radius 1 is 1.56 bits per heavy atom. The fourth-order valence-electron chi connectivity index (χ4n) is 1.37. The van der Waals surface area contributed by atoms with E-state index in [1.165, 1.54) is 12.4 Å². The van der Waals surface area contributed by atoms with Crippen molar-refractivity contribution in [2.75, 3.05) is 5.43 Å². The number of carbonyl (C=O) groups is 1. The van der Waals surface area contributed by atoms with Gasteiger partial charge in [-0.05, 0) is 6.07 Å². The maximum atomic E-state index is 11.9. The zero-order valence-corrected chi connectivity index (χ0v) is 10.1. The lowest BCUT2D eigenvalue weighted by molar-refractivity contribution is 0.0951. The summed E-state index contributed by atoms with van der Waals surface area (Å²) in [4.78, 5) is 29.1. The first kappa shape index (κ1) is 12.3. The van der Waals surface area contributed by atoms with Crippen molar-refractivity contribution < 1.29 is 4.79 Å². The van der Waals surface area contributed by atoms with Crippen molar-refractivity contribution in [2.45, 2.75) is 6.54 Å². The van der Waals surface area contributed by atoms with Crippen LogP contribution in [0.1, 0.15) is 16.1 Å². The van der Waals surface area contributed by atoms with E-state index in [0.717, 1.165) is 11.3 Å². The number of anilines is 1. The molecule has 0 bridgehead atoms. The Labute approximate surface area is 106 Å². The van der Waals surface area contributed by atoms with Crippen molar-refractivity contribution in [3.63, 3.8) is 0 Å². The van der Waals surface area contributed by atoms with Gasteiger partial charge in [-0.15, -0.1) is 0 Å². The zero-order chi connectivity index (χ0) is 13.0. The monoisotopic (exact) mass is 265 g/mol. The Hall–Kier alpha value is -2.19. The normalized spacial score (nSPS) is 10.1. The van der Waals surface area contributed by atoms with E-state index in [4.69, 9.17) is 5.84 Å². The lowest BCUT2D eigenvalue weighted by Gasteiger charge is -2.07. The average molecular weight is 265 g/mol. The van der Waals surface area contributed by atoms with E-state index in [-0.39, 0.29) is 17.3 Å². The minimum Gasteiger partial charge on any atom is -0.346 e.